The number of benzene rings is 1. The summed E-state index contributed by atoms with van der Waals surface area (Å²) in [5.41, 5.74) is 2.55. The van der Waals surface area contributed by atoms with Crippen LogP contribution in [-0.2, 0) is 5.41 Å². The summed E-state index contributed by atoms with van der Waals surface area (Å²) in [5.74, 6) is 0. The van der Waals surface area contributed by atoms with Crippen LogP contribution in [0.15, 0.2) is 24.3 Å². The highest BCUT2D eigenvalue weighted by molar-refractivity contribution is 7.80. The quantitative estimate of drug-likeness (QED) is 0.571. The predicted octanol–water partition coefficient (Wildman–Crippen LogP) is 1.81. The van der Waals surface area contributed by atoms with Crippen molar-refractivity contribution >= 4 is 23.0 Å². The number of quaternary nitrogens is 1. The van der Waals surface area contributed by atoms with E-state index >= 15 is 0 Å². The van der Waals surface area contributed by atoms with E-state index < -0.39 is 0 Å². The van der Waals surface area contributed by atoms with Crippen LogP contribution in [0, 0.1) is 0 Å². The van der Waals surface area contributed by atoms with Crippen LogP contribution in [-0.4, -0.2) is 32.3 Å². The molecule has 4 heteroatoms. The Morgan fingerprint density at radius 2 is 1.75 bits per heavy atom. The van der Waals surface area contributed by atoms with E-state index in [0.29, 0.717) is 5.11 Å². The van der Waals surface area contributed by atoms with E-state index in [1.807, 2.05) is 0 Å². The molecule has 1 aromatic carbocycles. The molecule has 3 N–H and O–H groups in total. The molecule has 112 valence electrons. The largest absolute Gasteiger partial charge is 0.362 e. The molecule has 0 fully saturated rings. The molecule has 0 amide bonds. The average molecular weight is 294 g/mol. The fourth-order valence-electron chi connectivity index (χ4n) is 1.87. The Kier molecular flexibility index (Phi) is 6.43. The van der Waals surface area contributed by atoms with E-state index in [-0.39, 0.29) is 5.41 Å². The summed E-state index contributed by atoms with van der Waals surface area (Å²) in [7, 11) is 4.32. The zero-order valence-electron chi connectivity index (χ0n) is 13.3. The molecule has 0 aliphatic heterocycles. The standard InChI is InChI=1S/C16H27N3S/c1-16(2,3)13-7-9-14(10-8-13)18-15(20)17-11-6-12-19(4)5/h7-10H,6,11-12H2,1-5H3,(H2,17,18,20)/p+1. The van der Waals surface area contributed by atoms with Crippen LogP contribution >= 0.6 is 12.2 Å². The van der Waals surface area contributed by atoms with Crippen molar-refractivity contribution in [3.05, 3.63) is 29.8 Å². The summed E-state index contributed by atoms with van der Waals surface area (Å²) in [5, 5.41) is 7.16. The molecule has 0 unspecified atom stereocenters. The molecule has 0 atom stereocenters. The summed E-state index contributed by atoms with van der Waals surface area (Å²) in [6, 6.07) is 8.47. The lowest BCUT2D eigenvalue weighted by molar-refractivity contribution is -0.858. The lowest BCUT2D eigenvalue weighted by Gasteiger charge is -2.19. The molecule has 0 spiro atoms. The first-order valence-electron chi connectivity index (χ1n) is 7.23. The van der Waals surface area contributed by atoms with Gasteiger partial charge >= 0.3 is 0 Å². The minimum atomic E-state index is 0.186. The number of anilines is 1. The van der Waals surface area contributed by atoms with Crippen molar-refractivity contribution < 1.29 is 4.90 Å². The van der Waals surface area contributed by atoms with Crippen LogP contribution in [0.2, 0.25) is 0 Å². The second-order valence-electron chi connectivity index (χ2n) is 6.52. The maximum absolute atomic E-state index is 5.29. The van der Waals surface area contributed by atoms with Crippen molar-refractivity contribution in [2.24, 2.45) is 0 Å². The van der Waals surface area contributed by atoms with E-state index in [0.717, 1.165) is 25.2 Å². The highest BCUT2D eigenvalue weighted by Gasteiger charge is 2.12. The molecular formula is C16H28N3S+. The number of hydrogen-bond donors (Lipinski definition) is 3. The van der Waals surface area contributed by atoms with E-state index in [4.69, 9.17) is 12.2 Å². The maximum Gasteiger partial charge on any atom is 0.170 e. The zero-order valence-corrected chi connectivity index (χ0v) is 14.2. The Morgan fingerprint density at radius 3 is 2.25 bits per heavy atom. The predicted molar refractivity (Wildman–Crippen MR) is 91.7 cm³/mol. The summed E-state index contributed by atoms with van der Waals surface area (Å²) in [6.07, 6.45) is 1.12. The van der Waals surface area contributed by atoms with Gasteiger partial charge in [0.25, 0.3) is 0 Å². The highest BCUT2D eigenvalue weighted by Crippen LogP contribution is 2.23. The van der Waals surface area contributed by atoms with E-state index in [9.17, 15) is 0 Å². The van der Waals surface area contributed by atoms with Gasteiger partial charge in [-0.1, -0.05) is 32.9 Å². The van der Waals surface area contributed by atoms with Crippen LogP contribution in [0.1, 0.15) is 32.8 Å². The maximum atomic E-state index is 5.29. The second kappa shape index (κ2) is 7.60. The van der Waals surface area contributed by atoms with Gasteiger partial charge in [-0.25, -0.2) is 0 Å². The topological polar surface area (TPSA) is 28.5 Å². The molecule has 0 aliphatic rings. The molecule has 0 aromatic heterocycles. The first kappa shape index (κ1) is 16.9. The fourth-order valence-corrected chi connectivity index (χ4v) is 2.09. The SMILES string of the molecule is C[NH+](C)CCCNC(=S)Nc1ccc(C(C)(C)C)cc1. The summed E-state index contributed by atoms with van der Waals surface area (Å²) in [4.78, 5) is 1.46. The molecule has 0 saturated carbocycles. The van der Waals surface area contributed by atoms with Gasteiger partial charge in [-0.05, 0) is 35.3 Å². The van der Waals surface area contributed by atoms with Crippen molar-refractivity contribution in [3.8, 4) is 0 Å². The molecule has 1 rings (SSSR count). The highest BCUT2D eigenvalue weighted by atomic mass is 32.1. The minimum Gasteiger partial charge on any atom is -0.362 e. The van der Waals surface area contributed by atoms with Crippen LogP contribution in [0.5, 0.6) is 0 Å². The van der Waals surface area contributed by atoms with Crippen molar-refractivity contribution in [1.82, 2.24) is 5.32 Å². The molecule has 0 aliphatic carbocycles. The summed E-state index contributed by atoms with van der Waals surface area (Å²) >= 11 is 5.29. The van der Waals surface area contributed by atoms with Crippen molar-refractivity contribution in [2.75, 3.05) is 32.5 Å². The Hall–Kier alpha value is -1.13. The van der Waals surface area contributed by atoms with Crippen LogP contribution in [0.3, 0.4) is 0 Å². The van der Waals surface area contributed by atoms with E-state index in [1.54, 1.807) is 0 Å². The lowest BCUT2D eigenvalue weighted by atomic mass is 9.87. The number of thiocarbonyl (C=S) groups is 1. The van der Waals surface area contributed by atoms with Gasteiger partial charge in [0.15, 0.2) is 5.11 Å². The van der Waals surface area contributed by atoms with Gasteiger partial charge in [0.2, 0.25) is 0 Å². The fraction of sp³-hybridized carbons (Fsp3) is 0.562. The minimum absolute atomic E-state index is 0.186. The van der Waals surface area contributed by atoms with Crippen LogP contribution in [0.25, 0.3) is 0 Å². The molecule has 1 aromatic rings. The third-order valence-electron chi connectivity index (χ3n) is 3.15. The molecule has 0 saturated heterocycles. The normalized spacial score (nSPS) is 11.5. The van der Waals surface area contributed by atoms with Crippen molar-refractivity contribution in [3.63, 3.8) is 0 Å². The zero-order chi connectivity index (χ0) is 15.2. The third kappa shape index (κ3) is 6.35. The third-order valence-corrected chi connectivity index (χ3v) is 3.39. The van der Waals surface area contributed by atoms with Gasteiger partial charge in [0.05, 0.1) is 20.6 Å². The lowest BCUT2D eigenvalue weighted by Crippen LogP contribution is -3.05. The number of hydrogen-bond acceptors (Lipinski definition) is 1. The smallest absolute Gasteiger partial charge is 0.170 e. The first-order valence-corrected chi connectivity index (χ1v) is 7.64. The summed E-state index contributed by atoms with van der Waals surface area (Å²) < 4.78 is 0. The second-order valence-corrected chi connectivity index (χ2v) is 6.93. The van der Waals surface area contributed by atoms with Gasteiger partial charge in [0, 0.05) is 18.7 Å². The van der Waals surface area contributed by atoms with E-state index in [1.165, 1.54) is 10.5 Å². The van der Waals surface area contributed by atoms with Gasteiger partial charge < -0.3 is 15.5 Å². The molecule has 0 bridgehead atoms. The first-order chi connectivity index (χ1) is 9.29. The summed E-state index contributed by atoms with van der Waals surface area (Å²) in [6.45, 7) is 8.71. The molecule has 0 heterocycles. The Morgan fingerprint density at radius 1 is 1.15 bits per heavy atom. The molecule has 3 nitrogen and oxygen atoms in total. The number of nitrogens with one attached hydrogen (secondary N) is 3. The van der Waals surface area contributed by atoms with Gasteiger partial charge in [-0.15, -0.1) is 0 Å². The van der Waals surface area contributed by atoms with Gasteiger partial charge in [0.1, 0.15) is 0 Å². The van der Waals surface area contributed by atoms with E-state index in [2.05, 4.69) is 69.8 Å². The van der Waals surface area contributed by atoms with Crippen molar-refractivity contribution in [2.45, 2.75) is 32.6 Å². The molecule has 20 heavy (non-hydrogen) atoms. The van der Waals surface area contributed by atoms with Gasteiger partial charge in [-0.3, -0.25) is 0 Å². The van der Waals surface area contributed by atoms with Crippen LogP contribution in [0.4, 0.5) is 5.69 Å². The Balaban J connectivity index is 2.39. The molecule has 0 radical (unpaired) electrons. The molecular weight excluding hydrogens is 266 g/mol. The number of rotatable bonds is 5. The van der Waals surface area contributed by atoms with Crippen molar-refractivity contribution in [1.29, 1.82) is 0 Å². The van der Waals surface area contributed by atoms with Crippen LogP contribution < -0.4 is 15.5 Å². The van der Waals surface area contributed by atoms with Gasteiger partial charge in [-0.2, -0.15) is 0 Å². The average Bonchev–Trinajstić information content (AvgIpc) is 2.34. The Bertz CT molecular complexity index is 418. The Labute approximate surface area is 128 Å². The monoisotopic (exact) mass is 294 g/mol.